The number of methoxy groups -OCH3 is 2. The summed E-state index contributed by atoms with van der Waals surface area (Å²) >= 11 is 0. The van der Waals surface area contributed by atoms with Crippen LogP contribution in [0, 0.1) is 0 Å². The molecular weight excluding hydrogens is 532 g/mol. The summed E-state index contributed by atoms with van der Waals surface area (Å²) in [6.45, 7) is 1.01. The predicted octanol–water partition coefficient (Wildman–Crippen LogP) is 1.33. The molecule has 0 amide bonds. The Morgan fingerprint density at radius 2 is 1.05 bits per heavy atom. The third-order valence-corrected chi connectivity index (χ3v) is 6.85. The van der Waals surface area contributed by atoms with E-state index in [9.17, 15) is 8.42 Å². The highest BCUT2D eigenvalue weighted by atomic mass is 32.2. The highest BCUT2D eigenvalue weighted by Gasteiger charge is 2.44. The van der Waals surface area contributed by atoms with Crippen LogP contribution in [0.3, 0.4) is 0 Å². The zero-order valence-corrected chi connectivity index (χ0v) is 23.0. The van der Waals surface area contributed by atoms with Gasteiger partial charge in [0.1, 0.15) is 50.5 Å². The molecular formula is C26H38N2O10S. The van der Waals surface area contributed by atoms with Crippen LogP contribution in [0.5, 0.6) is 11.5 Å². The van der Waals surface area contributed by atoms with Crippen molar-refractivity contribution in [3.63, 3.8) is 0 Å². The van der Waals surface area contributed by atoms with E-state index in [1.165, 1.54) is 0 Å². The first-order valence-corrected chi connectivity index (χ1v) is 14.0. The Morgan fingerprint density at radius 1 is 0.641 bits per heavy atom. The Balaban J connectivity index is 1.83. The Hall–Kier alpha value is -2.33. The van der Waals surface area contributed by atoms with Crippen molar-refractivity contribution in [2.75, 3.05) is 67.4 Å². The number of rotatable bonds is 18. The predicted molar refractivity (Wildman–Crippen MR) is 142 cm³/mol. The molecule has 1 fully saturated rings. The van der Waals surface area contributed by atoms with Crippen molar-refractivity contribution in [1.29, 1.82) is 0 Å². The molecule has 39 heavy (non-hydrogen) atoms. The fraction of sp³-hybridized carbons (Fsp3) is 0.538. The summed E-state index contributed by atoms with van der Waals surface area (Å²) in [4.78, 5) is 0. The van der Waals surface area contributed by atoms with Crippen LogP contribution in [0.2, 0.25) is 0 Å². The van der Waals surface area contributed by atoms with Crippen LogP contribution in [0.25, 0.3) is 0 Å². The molecule has 1 heterocycles. The Bertz CT molecular complexity index is 940. The second-order valence-corrected chi connectivity index (χ2v) is 9.98. The molecule has 2 aromatic carbocycles. The molecule has 0 aliphatic carbocycles. The smallest absolute Gasteiger partial charge is 0.277 e. The summed E-state index contributed by atoms with van der Waals surface area (Å²) in [6, 6.07) is 16.4. The van der Waals surface area contributed by atoms with Gasteiger partial charge in [0.05, 0.1) is 38.5 Å². The molecule has 0 unspecified atom stereocenters. The van der Waals surface area contributed by atoms with E-state index in [0.717, 1.165) is 0 Å². The van der Waals surface area contributed by atoms with Gasteiger partial charge in [0.25, 0.3) is 10.2 Å². The fourth-order valence-corrected chi connectivity index (χ4v) is 5.04. The number of ether oxygens (including phenoxy) is 8. The number of benzene rings is 2. The zero-order chi connectivity index (χ0) is 27.8. The molecule has 218 valence electrons. The van der Waals surface area contributed by atoms with Crippen molar-refractivity contribution >= 4 is 10.2 Å². The normalized spacial score (nSPS) is 22.7. The van der Waals surface area contributed by atoms with Gasteiger partial charge in [-0.1, -0.05) is 36.4 Å². The van der Waals surface area contributed by atoms with Gasteiger partial charge in [-0.3, -0.25) is 0 Å². The van der Waals surface area contributed by atoms with Crippen LogP contribution >= 0.6 is 0 Å². The van der Waals surface area contributed by atoms with E-state index in [2.05, 4.69) is 9.44 Å². The van der Waals surface area contributed by atoms with Gasteiger partial charge >= 0.3 is 0 Å². The van der Waals surface area contributed by atoms with E-state index in [1.807, 2.05) is 36.4 Å². The molecule has 3 rings (SSSR count). The van der Waals surface area contributed by atoms with Crippen LogP contribution in [-0.4, -0.2) is 100 Å². The Labute approximate surface area is 229 Å². The zero-order valence-electron chi connectivity index (χ0n) is 22.2. The number of hydrogen-bond donors (Lipinski definition) is 2. The van der Waals surface area contributed by atoms with E-state index in [4.69, 9.17) is 37.9 Å². The third kappa shape index (κ3) is 11.4. The van der Waals surface area contributed by atoms with Gasteiger partial charge in [-0.25, -0.2) is 0 Å². The number of hydrogen-bond acceptors (Lipinski definition) is 10. The first kappa shape index (κ1) is 31.2. The quantitative estimate of drug-likeness (QED) is 0.200. The van der Waals surface area contributed by atoms with Gasteiger partial charge < -0.3 is 37.9 Å². The first-order chi connectivity index (χ1) is 19.0. The average Bonchev–Trinajstić information content (AvgIpc) is 3.04. The number of para-hydroxylation sites is 2. The average molecular weight is 571 g/mol. The lowest BCUT2D eigenvalue weighted by atomic mass is 10.0. The van der Waals surface area contributed by atoms with Crippen LogP contribution < -0.4 is 18.9 Å². The molecule has 4 atom stereocenters. The molecule has 0 saturated carbocycles. The molecule has 0 aromatic heterocycles. The summed E-state index contributed by atoms with van der Waals surface area (Å²) in [5.41, 5.74) is 0. The molecule has 2 aromatic rings. The van der Waals surface area contributed by atoms with Gasteiger partial charge in [0.15, 0.2) is 0 Å². The summed E-state index contributed by atoms with van der Waals surface area (Å²) in [5.74, 6) is 1.15. The standard InChI is InChI=1S/C26H38N2O10S/c1-31-13-15-33-19-37-25-23(17-35-21-9-5-3-6-10-21)27-39(29,30)28-24(18-36-22-11-7-4-8-12-22)26(25)38-20-34-16-14-32-2/h3-12,23-28H,13-20H2,1-2H3/t23-,24-,25+,26+/m1/s1. The molecule has 12 nitrogen and oxygen atoms in total. The van der Waals surface area contributed by atoms with Crippen LogP contribution in [0.4, 0.5) is 0 Å². The van der Waals surface area contributed by atoms with E-state index >= 15 is 0 Å². The third-order valence-electron chi connectivity index (χ3n) is 5.63. The molecule has 13 heteroatoms. The second kappa shape index (κ2) is 17.4. The maximum Gasteiger partial charge on any atom is 0.277 e. The largest absolute Gasteiger partial charge is 0.492 e. The number of nitrogens with one attached hydrogen (secondary N) is 2. The summed E-state index contributed by atoms with van der Waals surface area (Å²) in [7, 11) is -0.878. The molecule has 1 saturated heterocycles. The van der Waals surface area contributed by atoms with Gasteiger partial charge in [0.2, 0.25) is 0 Å². The lowest BCUT2D eigenvalue weighted by Crippen LogP contribution is -2.54. The van der Waals surface area contributed by atoms with E-state index in [1.54, 1.807) is 38.5 Å². The SMILES string of the molecule is COCCOCO[C@@H]1[C@@H](OCOCCOC)[C@@H](COc2ccccc2)NS(=O)(=O)N[C@@H]1COc1ccccc1. The molecule has 0 spiro atoms. The van der Waals surface area contributed by atoms with Crippen LogP contribution in [0.15, 0.2) is 60.7 Å². The molecule has 0 radical (unpaired) electrons. The van der Waals surface area contributed by atoms with Crippen molar-refractivity contribution in [2.45, 2.75) is 24.3 Å². The topological polar surface area (TPSA) is 132 Å². The summed E-state index contributed by atoms with van der Waals surface area (Å²) in [6.07, 6.45) is -1.70. The van der Waals surface area contributed by atoms with Gasteiger partial charge in [-0.2, -0.15) is 17.9 Å². The van der Waals surface area contributed by atoms with Crippen molar-refractivity contribution in [3.8, 4) is 11.5 Å². The fourth-order valence-electron chi connectivity index (χ4n) is 3.77. The minimum absolute atomic E-state index is 0.0374. The second-order valence-electron chi connectivity index (χ2n) is 8.50. The van der Waals surface area contributed by atoms with E-state index in [-0.39, 0.29) is 26.8 Å². The lowest BCUT2D eigenvalue weighted by Gasteiger charge is -2.33. The first-order valence-electron chi connectivity index (χ1n) is 12.5. The summed E-state index contributed by atoms with van der Waals surface area (Å²) < 4.78 is 76.6. The maximum atomic E-state index is 13.1. The van der Waals surface area contributed by atoms with Gasteiger partial charge in [0, 0.05) is 14.2 Å². The lowest BCUT2D eigenvalue weighted by molar-refractivity contribution is -0.185. The Morgan fingerprint density at radius 3 is 1.44 bits per heavy atom. The highest BCUT2D eigenvalue weighted by molar-refractivity contribution is 7.87. The van der Waals surface area contributed by atoms with Gasteiger partial charge in [-0.15, -0.1) is 0 Å². The molecule has 2 N–H and O–H groups in total. The monoisotopic (exact) mass is 570 g/mol. The maximum absolute atomic E-state index is 13.1. The van der Waals surface area contributed by atoms with Crippen molar-refractivity contribution in [1.82, 2.24) is 9.44 Å². The molecule has 1 aliphatic rings. The van der Waals surface area contributed by atoms with E-state index in [0.29, 0.717) is 37.9 Å². The van der Waals surface area contributed by atoms with Crippen LogP contribution in [-0.2, 0) is 38.6 Å². The summed E-state index contributed by atoms with van der Waals surface area (Å²) in [5, 5.41) is 0. The van der Waals surface area contributed by atoms with Crippen LogP contribution in [0.1, 0.15) is 0 Å². The minimum atomic E-state index is -4.01. The van der Waals surface area contributed by atoms with E-state index < -0.39 is 34.5 Å². The minimum Gasteiger partial charge on any atom is -0.492 e. The van der Waals surface area contributed by atoms with Crippen molar-refractivity contribution in [3.05, 3.63) is 60.7 Å². The molecule has 0 bridgehead atoms. The van der Waals surface area contributed by atoms with Gasteiger partial charge in [-0.05, 0) is 24.3 Å². The highest BCUT2D eigenvalue weighted by Crippen LogP contribution is 2.21. The molecule has 1 aliphatic heterocycles. The Kier molecular flexibility index (Phi) is 13.9. The van der Waals surface area contributed by atoms with Crippen molar-refractivity contribution in [2.24, 2.45) is 0 Å². The van der Waals surface area contributed by atoms with Crippen molar-refractivity contribution < 1.29 is 46.3 Å².